The molecule has 1 N–H and O–H groups in total. The van der Waals surface area contributed by atoms with Crippen molar-refractivity contribution in [3.8, 4) is 17.2 Å². The van der Waals surface area contributed by atoms with Crippen LogP contribution in [0.2, 0.25) is 0 Å². The van der Waals surface area contributed by atoms with E-state index in [0.717, 1.165) is 35.0 Å². The highest BCUT2D eigenvalue weighted by Crippen LogP contribution is 2.34. The Bertz CT molecular complexity index is 1010. The summed E-state index contributed by atoms with van der Waals surface area (Å²) in [5.41, 5.74) is 3.35. The van der Waals surface area contributed by atoms with Gasteiger partial charge in [0, 0.05) is 18.2 Å². The van der Waals surface area contributed by atoms with E-state index in [-0.39, 0.29) is 5.78 Å². The molecule has 1 aromatic heterocycles. The van der Waals surface area contributed by atoms with E-state index in [0.29, 0.717) is 23.7 Å². The molecule has 0 amide bonds. The van der Waals surface area contributed by atoms with Crippen molar-refractivity contribution in [3.63, 3.8) is 0 Å². The molecular weight excluding hydrogens is 354 g/mol. The highest BCUT2D eigenvalue weighted by atomic mass is 16.5. The summed E-state index contributed by atoms with van der Waals surface area (Å²) in [6.45, 7) is 2.10. The Morgan fingerprint density at radius 2 is 1.79 bits per heavy atom. The minimum absolute atomic E-state index is 0.124. The Hall–Kier alpha value is -3.28. The maximum atomic E-state index is 12.8. The predicted molar refractivity (Wildman–Crippen MR) is 108 cm³/mol. The molecule has 1 unspecified atom stereocenters. The molecule has 0 saturated carbocycles. The maximum Gasteiger partial charge on any atom is 0.168 e. The van der Waals surface area contributed by atoms with Gasteiger partial charge in [-0.2, -0.15) is 0 Å². The lowest BCUT2D eigenvalue weighted by Crippen LogP contribution is -2.19. The Morgan fingerprint density at radius 3 is 2.50 bits per heavy atom. The number of carbonyl (C=O) groups is 1. The molecule has 6 heteroatoms. The molecule has 0 saturated heterocycles. The van der Waals surface area contributed by atoms with Crippen LogP contribution >= 0.6 is 0 Å². The molecule has 0 aliphatic heterocycles. The fraction of sp³-hybridized carbons (Fsp3) is 0.273. The third kappa shape index (κ3) is 3.33. The Morgan fingerprint density at radius 1 is 1.04 bits per heavy atom. The van der Waals surface area contributed by atoms with Crippen molar-refractivity contribution >= 4 is 17.3 Å². The van der Waals surface area contributed by atoms with Crippen molar-refractivity contribution in [3.05, 3.63) is 59.8 Å². The molecule has 0 radical (unpaired) electrons. The first-order chi connectivity index (χ1) is 13.6. The molecule has 1 aliphatic rings. The van der Waals surface area contributed by atoms with E-state index in [9.17, 15) is 4.79 Å². The molecule has 4 rings (SSSR count). The lowest BCUT2D eigenvalue weighted by atomic mass is 9.87. The SMILES string of the molecule is COc1ccc(-n2nc(Nc3cccc(OC)c3)c3c2CC(C)CC3=O)cc1. The summed E-state index contributed by atoms with van der Waals surface area (Å²) in [5.74, 6) is 2.52. The zero-order valence-electron chi connectivity index (χ0n) is 16.2. The summed E-state index contributed by atoms with van der Waals surface area (Å²) >= 11 is 0. The van der Waals surface area contributed by atoms with Gasteiger partial charge in [0.05, 0.1) is 31.2 Å². The number of fused-ring (bicyclic) bond motifs is 1. The molecule has 1 heterocycles. The molecule has 6 nitrogen and oxygen atoms in total. The minimum atomic E-state index is 0.124. The van der Waals surface area contributed by atoms with Crippen LogP contribution < -0.4 is 14.8 Å². The summed E-state index contributed by atoms with van der Waals surface area (Å²) in [5, 5.41) is 8.06. The van der Waals surface area contributed by atoms with E-state index in [1.807, 2.05) is 53.2 Å². The fourth-order valence-corrected chi connectivity index (χ4v) is 3.62. The topological polar surface area (TPSA) is 65.4 Å². The first-order valence-electron chi connectivity index (χ1n) is 9.29. The van der Waals surface area contributed by atoms with Gasteiger partial charge in [-0.1, -0.05) is 13.0 Å². The van der Waals surface area contributed by atoms with Crippen LogP contribution in [0.15, 0.2) is 48.5 Å². The van der Waals surface area contributed by atoms with Crippen molar-refractivity contribution in [1.82, 2.24) is 9.78 Å². The number of hydrogen-bond donors (Lipinski definition) is 1. The van der Waals surface area contributed by atoms with E-state index in [4.69, 9.17) is 14.6 Å². The van der Waals surface area contributed by atoms with Gasteiger partial charge in [0.2, 0.25) is 0 Å². The van der Waals surface area contributed by atoms with Crippen LogP contribution in [0, 0.1) is 5.92 Å². The summed E-state index contributed by atoms with van der Waals surface area (Å²) in [6, 6.07) is 15.3. The van der Waals surface area contributed by atoms with Gasteiger partial charge in [0.1, 0.15) is 11.5 Å². The van der Waals surface area contributed by atoms with Gasteiger partial charge in [-0.3, -0.25) is 4.79 Å². The molecule has 3 aromatic rings. The molecule has 1 atom stereocenters. The Balaban J connectivity index is 1.79. The number of benzene rings is 2. The van der Waals surface area contributed by atoms with Crippen LogP contribution in [-0.4, -0.2) is 29.8 Å². The first kappa shape index (κ1) is 18.1. The molecule has 1 aliphatic carbocycles. The van der Waals surface area contributed by atoms with Gasteiger partial charge >= 0.3 is 0 Å². The number of nitrogens with zero attached hydrogens (tertiary/aromatic N) is 2. The quantitative estimate of drug-likeness (QED) is 0.714. The van der Waals surface area contributed by atoms with Gasteiger partial charge in [-0.05, 0) is 48.7 Å². The lowest BCUT2D eigenvalue weighted by Gasteiger charge is -2.19. The van der Waals surface area contributed by atoms with Crippen LogP contribution in [0.5, 0.6) is 11.5 Å². The van der Waals surface area contributed by atoms with Gasteiger partial charge in [-0.25, -0.2) is 4.68 Å². The summed E-state index contributed by atoms with van der Waals surface area (Å²) in [7, 11) is 3.27. The van der Waals surface area contributed by atoms with Crippen molar-refractivity contribution in [2.75, 3.05) is 19.5 Å². The first-order valence-corrected chi connectivity index (χ1v) is 9.29. The number of rotatable bonds is 5. The highest BCUT2D eigenvalue weighted by molar-refractivity contribution is 6.03. The van der Waals surface area contributed by atoms with Crippen LogP contribution in [0.25, 0.3) is 5.69 Å². The number of Topliss-reactive ketones (excluding diaryl/α,β-unsaturated/α-hetero) is 1. The van der Waals surface area contributed by atoms with Gasteiger partial charge < -0.3 is 14.8 Å². The van der Waals surface area contributed by atoms with E-state index in [2.05, 4.69) is 12.2 Å². The average molecular weight is 377 g/mol. The molecule has 2 aromatic carbocycles. The van der Waals surface area contributed by atoms with Gasteiger partial charge in [0.15, 0.2) is 11.6 Å². The van der Waals surface area contributed by atoms with Crippen LogP contribution in [0.1, 0.15) is 29.4 Å². The zero-order valence-corrected chi connectivity index (χ0v) is 16.2. The zero-order chi connectivity index (χ0) is 19.7. The third-order valence-corrected chi connectivity index (χ3v) is 4.99. The normalized spacial score (nSPS) is 15.8. The Labute approximate surface area is 164 Å². The second-order valence-electron chi connectivity index (χ2n) is 7.07. The van der Waals surface area contributed by atoms with Crippen molar-refractivity contribution in [2.24, 2.45) is 5.92 Å². The fourth-order valence-electron chi connectivity index (χ4n) is 3.62. The predicted octanol–water partition coefficient (Wildman–Crippen LogP) is 4.40. The standard InChI is InChI=1S/C22H23N3O3/c1-14-11-19-21(20(26)12-14)22(23-15-5-4-6-18(13-15)28-3)24-25(19)16-7-9-17(27-2)10-8-16/h4-10,13-14H,11-12H2,1-3H3,(H,23,24). The molecule has 0 fully saturated rings. The molecule has 28 heavy (non-hydrogen) atoms. The summed E-state index contributed by atoms with van der Waals surface area (Å²) < 4.78 is 12.4. The van der Waals surface area contributed by atoms with Crippen molar-refractivity contribution < 1.29 is 14.3 Å². The number of methoxy groups -OCH3 is 2. The van der Waals surface area contributed by atoms with Gasteiger partial charge in [0.25, 0.3) is 0 Å². The number of ether oxygens (including phenoxy) is 2. The number of hydrogen-bond acceptors (Lipinski definition) is 5. The number of nitrogens with one attached hydrogen (secondary N) is 1. The second kappa shape index (κ2) is 7.38. The maximum absolute atomic E-state index is 12.8. The largest absolute Gasteiger partial charge is 0.497 e. The number of ketones is 1. The highest BCUT2D eigenvalue weighted by Gasteiger charge is 2.31. The van der Waals surface area contributed by atoms with E-state index in [1.165, 1.54) is 0 Å². The molecule has 144 valence electrons. The van der Waals surface area contributed by atoms with Crippen LogP contribution in [0.4, 0.5) is 11.5 Å². The smallest absolute Gasteiger partial charge is 0.168 e. The van der Waals surface area contributed by atoms with E-state index >= 15 is 0 Å². The molecular formula is C22H23N3O3. The third-order valence-electron chi connectivity index (χ3n) is 4.99. The van der Waals surface area contributed by atoms with Crippen molar-refractivity contribution in [2.45, 2.75) is 19.8 Å². The molecule has 0 spiro atoms. The summed E-state index contributed by atoms with van der Waals surface area (Å²) in [6.07, 6.45) is 1.34. The number of carbonyl (C=O) groups excluding carboxylic acids is 1. The van der Waals surface area contributed by atoms with Crippen molar-refractivity contribution in [1.29, 1.82) is 0 Å². The number of aromatic nitrogens is 2. The monoisotopic (exact) mass is 377 g/mol. The average Bonchev–Trinajstić information content (AvgIpc) is 3.06. The van der Waals surface area contributed by atoms with E-state index in [1.54, 1.807) is 14.2 Å². The molecule has 0 bridgehead atoms. The van der Waals surface area contributed by atoms with Crippen LogP contribution in [0.3, 0.4) is 0 Å². The van der Waals surface area contributed by atoms with Crippen LogP contribution in [-0.2, 0) is 6.42 Å². The minimum Gasteiger partial charge on any atom is -0.497 e. The number of anilines is 2. The second-order valence-corrected chi connectivity index (χ2v) is 7.07. The summed E-state index contributed by atoms with van der Waals surface area (Å²) in [4.78, 5) is 12.8. The Kier molecular flexibility index (Phi) is 4.77. The van der Waals surface area contributed by atoms with Gasteiger partial charge in [-0.15, -0.1) is 5.10 Å². The van der Waals surface area contributed by atoms with E-state index < -0.39 is 0 Å². The lowest BCUT2D eigenvalue weighted by molar-refractivity contribution is 0.0953.